The van der Waals surface area contributed by atoms with E-state index in [1.165, 1.54) is 0 Å². The molecule has 98 valence electrons. The van der Waals surface area contributed by atoms with Crippen LogP contribution in [0, 0.1) is 0 Å². The number of hydrogen-bond acceptors (Lipinski definition) is 4. The Kier molecular flexibility index (Phi) is 5.93. The molecular formula is C11H19NO5. The average molecular weight is 245 g/mol. The van der Waals surface area contributed by atoms with Crippen molar-refractivity contribution in [1.82, 2.24) is 5.32 Å². The second kappa shape index (κ2) is 7.24. The van der Waals surface area contributed by atoms with Gasteiger partial charge in [-0.05, 0) is 25.7 Å². The fourth-order valence-corrected chi connectivity index (χ4v) is 1.71. The molecule has 6 nitrogen and oxygen atoms in total. The first-order valence-corrected chi connectivity index (χ1v) is 5.88. The Morgan fingerprint density at radius 3 is 2.76 bits per heavy atom. The smallest absolute Gasteiger partial charge is 0.334 e. The Morgan fingerprint density at radius 2 is 2.18 bits per heavy atom. The topological polar surface area (TPSA) is 95.9 Å². The molecule has 1 rings (SSSR count). The van der Waals surface area contributed by atoms with Crippen molar-refractivity contribution >= 4 is 11.9 Å². The van der Waals surface area contributed by atoms with Crippen molar-refractivity contribution in [3.63, 3.8) is 0 Å². The minimum absolute atomic E-state index is 0.138. The molecule has 1 fully saturated rings. The highest BCUT2D eigenvalue weighted by atomic mass is 16.5. The zero-order valence-electron chi connectivity index (χ0n) is 9.72. The monoisotopic (exact) mass is 245 g/mol. The summed E-state index contributed by atoms with van der Waals surface area (Å²) in [5.74, 6) is -1.58. The first-order valence-electron chi connectivity index (χ1n) is 5.88. The van der Waals surface area contributed by atoms with Gasteiger partial charge in [0.15, 0.2) is 6.10 Å². The summed E-state index contributed by atoms with van der Waals surface area (Å²) in [5, 5.41) is 19.7. The molecule has 0 aliphatic carbocycles. The second-order valence-corrected chi connectivity index (χ2v) is 4.19. The Balaban J connectivity index is 2.10. The lowest BCUT2D eigenvalue weighted by Gasteiger charge is -2.22. The maximum Gasteiger partial charge on any atom is 0.334 e. The van der Waals surface area contributed by atoms with Crippen LogP contribution in [0.5, 0.6) is 0 Å². The molecule has 0 radical (unpaired) electrons. The third-order valence-corrected chi connectivity index (χ3v) is 2.75. The molecule has 17 heavy (non-hydrogen) atoms. The second-order valence-electron chi connectivity index (χ2n) is 4.19. The molecule has 1 saturated heterocycles. The highest BCUT2D eigenvalue weighted by Gasteiger charge is 2.17. The fraction of sp³-hybridized carbons (Fsp3) is 0.818. The molecule has 1 aliphatic rings. The number of carbonyl (C=O) groups is 2. The third-order valence-electron chi connectivity index (χ3n) is 2.75. The number of carboxylic acid groups (broad SMARTS) is 1. The van der Waals surface area contributed by atoms with E-state index in [1.54, 1.807) is 0 Å². The van der Waals surface area contributed by atoms with E-state index in [9.17, 15) is 9.59 Å². The summed E-state index contributed by atoms with van der Waals surface area (Å²) in [5.41, 5.74) is 0. The summed E-state index contributed by atoms with van der Waals surface area (Å²) in [4.78, 5) is 21.6. The number of aliphatic carboxylic acids is 1. The van der Waals surface area contributed by atoms with Gasteiger partial charge in [-0.1, -0.05) is 0 Å². The van der Waals surface area contributed by atoms with Crippen LogP contribution in [0.15, 0.2) is 0 Å². The van der Waals surface area contributed by atoms with Crippen molar-refractivity contribution in [1.29, 1.82) is 0 Å². The number of hydrogen-bond donors (Lipinski definition) is 3. The Labute approximate surface area is 100.0 Å². The quantitative estimate of drug-likeness (QED) is 0.607. The number of carbonyl (C=O) groups excluding carboxylic acids is 1. The first kappa shape index (κ1) is 13.9. The molecular weight excluding hydrogens is 226 g/mol. The van der Waals surface area contributed by atoms with Gasteiger partial charge in [0.2, 0.25) is 5.91 Å². The maximum absolute atomic E-state index is 11.3. The predicted molar refractivity (Wildman–Crippen MR) is 59.5 cm³/mol. The SMILES string of the molecule is O=C(CCC1CCCCO1)NC[C@H](O)C(=O)O. The summed E-state index contributed by atoms with van der Waals surface area (Å²) in [6.07, 6.45) is 2.73. The van der Waals surface area contributed by atoms with Gasteiger partial charge in [-0.3, -0.25) is 4.79 Å². The molecule has 1 unspecified atom stereocenters. The van der Waals surface area contributed by atoms with E-state index in [0.717, 1.165) is 25.9 Å². The van der Waals surface area contributed by atoms with Crippen LogP contribution in [0.4, 0.5) is 0 Å². The van der Waals surface area contributed by atoms with Crippen LogP contribution < -0.4 is 5.32 Å². The van der Waals surface area contributed by atoms with Crippen molar-refractivity contribution in [2.24, 2.45) is 0 Å². The molecule has 6 heteroatoms. The molecule has 0 aromatic heterocycles. The zero-order chi connectivity index (χ0) is 12.7. The van der Waals surface area contributed by atoms with Crippen LogP contribution in [-0.4, -0.2) is 47.4 Å². The van der Waals surface area contributed by atoms with E-state index in [4.69, 9.17) is 14.9 Å². The third kappa shape index (κ3) is 5.65. The summed E-state index contributed by atoms with van der Waals surface area (Å²) in [6.45, 7) is 0.504. The van der Waals surface area contributed by atoms with Gasteiger partial charge in [0.05, 0.1) is 12.6 Å². The number of rotatable bonds is 6. The van der Waals surface area contributed by atoms with Gasteiger partial charge in [0.25, 0.3) is 0 Å². The van der Waals surface area contributed by atoms with E-state index in [1.807, 2.05) is 0 Å². The molecule has 2 atom stereocenters. The van der Waals surface area contributed by atoms with Gasteiger partial charge in [0, 0.05) is 13.0 Å². The molecule has 0 saturated carbocycles. The van der Waals surface area contributed by atoms with E-state index in [2.05, 4.69) is 5.32 Å². The maximum atomic E-state index is 11.3. The molecule has 1 amide bonds. The largest absolute Gasteiger partial charge is 0.479 e. The molecule has 0 bridgehead atoms. The van der Waals surface area contributed by atoms with Gasteiger partial charge in [-0.25, -0.2) is 4.79 Å². The van der Waals surface area contributed by atoms with Gasteiger partial charge in [0.1, 0.15) is 0 Å². The number of nitrogens with one attached hydrogen (secondary N) is 1. The van der Waals surface area contributed by atoms with E-state index in [0.29, 0.717) is 12.8 Å². The molecule has 0 aromatic carbocycles. The summed E-state index contributed by atoms with van der Waals surface area (Å²) < 4.78 is 5.47. The Bertz CT molecular complexity index is 263. The van der Waals surface area contributed by atoms with Crippen LogP contribution in [0.3, 0.4) is 0 Å². The van der Waals surface area contributed by atoms with Crippen LogP contribution >= 0.6 is 0 Å². The van der Waals surface area contributed by atoms with Crippen LogP contribution in [0.2, 0.25) is 0 Å². The summed E-state index contributed by atoms with van der Waals surface area (Å²) >= 11 is 0. The number of carboxylic acids is 1. The lowest BCUT2D eigenvalue weighted by atomic mass is 10.0. The van der Waals surface area contributed by atoms with Crippen molar-refractivity contribution in [3.8, 4) is 0 Å². The number of aliphatic hydroxyl groups excluding tert-OH is 1. The van der Waals surface area contributed by atoms with E-state index < -0.39 is 12.1 Å². The number of aliphatic hydroxyl groups is 1. The molecule has 0 aromatic rings. The van der Waals surface area contributed by atoms with Crippen molar-refractivity contribution in [2.45, 2.75) is 44.3 Å². The van der Waals surface area contributed by atoms with Gasteiger partial charge in [-0.15, -0.1) is 0 Å². The predicted octanol–water partition coefficient (Wildman–Crippen LogP) is -0.103. The molecule has 1 aliphatic heterocycles. The normalized spacial score (nSPS) is 21.8. The molecule has 3 N–H and O–H groups in total. The van der Waals surface area contributed by atoms with Gasteiger partial charge >= 0.3 is 5.97 Å². The lowest BCUT2D eigenvalue weighted by Crippen LogP contribution is -2.36. The van der Waals surface area contributed by atoms with Crippen molar-refractivity contribution in [3.05, 3.63) is 0 Å². The zero-order valence-corrected chi connectivity index (χ0v) is 9.72. The minimum Gasteiger partial charge on any atom is -0.479 e. The number of amides is 1. The highest BCUT2D eigenvalue weighted by Crippen LogP contribution is 2.16. The van der Waals surface area contributed by atoms with Gasteiger partial charge in [-0.2, -0.15) is 0 Å². The lowest BCUT2D eigenvalue weighted by molar-refractivity contribution is -0.146. The fourth-order valence-electron chi connectivity index (χ4n) is 1.71. The van der Waals surface area contributed by atoms with Crippen LogP contribution in [-0.2, 0) is 14.3 Å². The Hall–Kier alpha value is -1.14. The first-order chi connectivity index (χ1) is 8.09. The van der Waals surface area contributed by atoms with Crippen molar-refractivity contribution < 1.29 is 24.5 Å². The van der Waals surface area contributed by atoms with Crippen molar-refractivity contribution in [2.75, 3.05) is 13.2 Å². The summed E-state index contributed by atoms with van der Waals surface area (Å²) in [6, 6.07) is 0. The van der Waals surface area contributed by atoms with Crippen LogP contribution in [0.1, 0.15) is 32.1 Å². The average Bonchev–Trinajstić information content (AvgIpc) is 2.34. The standard InChI is InChI=1S/C11H19NO5/c13-9(11(15)16)7-12-10(14)5-4-8-3-1-2-6-17-8/h8-9,13H,1-7H2,(H,12,14)(H,15,16)/t8?,9-/m0/s1. The van der Waals surface area contributed by atoms with E-state index >= 15 is 0 Å². The molecule has 0 spiro atoms. The van der Waals surface area contributed by atoms with Crippen LogP contribution in [0.25, 0.3) is 0 Å². The summed E-state index contributed by atoms with van der Waals surface area (Å²) in [7, 11) is 0. The van der Waals surface area contributed by atoms with E-state index in [-0.39, 0.29) is 18.6 Å². The number of ether oxygens (including phenoxy) is 1. The minimum atomic E-state index is -1.54. The Morgan fingerprint density at radius 1 is 1.41 bits per heavy atom. The van der Waals surface area contributed by atoms with Gasteiger partial charge < -0.3 is 20.3 Å². The highest BCUT2D eigenvalue weighted by molar-refractivity contribution is 5.77. The molecule has 1 heterocycles.